The summed E-state index contributed by atoms with van der Waals surface area (Å²) in [6, 6.07) is 16.4. The van der Waals surface area contributed by atoms with Crippen LogP contribution in [0, 0.1) is 9.39 Å². The van der Waals surface area contributed by atoms with Crippen molar-refractivity contribution in [2.45, 2.75) is 0 Å². The van der Waals surface area contributed by atoms with Gasteiger partial charge in [0.2, 0.25) is 5.89 Å². The Balaban J connectivity index is 1.62. The summed E-state index contributed by atoms with van der Waals surface area (Å²) in [7, 11) is 0. The first-order chi connectivity index (χ1) is 13.0. The quantitative estimate of drug-likeness (QED) is 0.349. The molecule has 0 fully saturated rings. The molecule has 7 heteroatoms. The molecule has 1 N–H and O–H groups in total. The third-order valence-corrected chi connectivity index (χ3v) is 4.95. The number of aromatic nitrogens is 1. The summed E-state index contributed by atoms with van der Waals surface area (Å²) in [5, 5.41) is 3.06. The van der Waals surface area contributed by atoms with Crippen LogP contribution in [0.15, 0.2) is 65.1 Å². The van der Waals surface area contributed by atoms with E-state index in [0.29, 0.717) is 27.9 Å². The monoisotopic (exact) mass is 492 g/mol. The van der Waals surface area contributed by atoms with Crippen molar-refractivity contribution < 1.29 is 13.6 Å². The molecule has 1 heterocycles. The number of carbonyl (C=O) groups is 1. The highest BCUT2D eigenvalue weighted by atomic mass is 127. The van der Waals surface area contributed by atoms with E-state index in [1.165, 1.54) is 18.2 Å². The number of nitrogens with zero attached hydrogens (tertiary/aromatic N) is 1. The molecule has 3 aromatic carbocycles. The van der Waals surface area contributed by atoms with Gasteiger partial charge >= 0.3 is 0 Å². The minimum Gasteiger partial charge on any atom is -0.436 e. The molecule has 4 aromatic rings. The van der Waals surface area contributed by atoms with Crippen molar-refractivity contribution in [3.63, 3.8) is 0 Å². The third kappa shape index (κ3) is 3.81. The van der Waals surface area contributed by atoms with E-state index in [9.17, 15) is 9.18 Å². The summed E-state index contributed by atoms with van der Waals surface area (Å²) in [6.45, 7) is 0. The summed E-state index contributed by atoms with van der Waals surface area (Å²) >= 11 is 8.26. The van der Waals surface area contributed by atoms with Crippen molar-refractivity contribution in [1.82, 2.24) is 4.98 Å². The lowest BCUT2D eigenvalue weighted by atomic mass is 10.2. The highest BCUT2D eigenvalue weighted by Gasteiger charge is 2.13. The molecule has 0 saturated carbocycles. The molecule has 0 unspecified atom stereocenters. The van der Waals surface area contributed by atoms with Gasteiger partial charge in [-0.3, -0.25) is 4.79 Å². The van der Waals surface area contributed by atoms with Gasteiger partial charge in [-0.25, -0.2) is 9.37 Å². The van der Waals surface area contributed by atoms with Crippen LogP contribution in [0.2, 0.25) is 5.02 Å². The van der Waals surface area contributed by atoms with Gasteiger partial charge in [-0.15, -0.1) is 0 Å². The zero-order valence-corrected chi connectivity index (χ0v) is 16.6. The highest BCUT2D eigenvalue weighted by Crippen LogP contribution is 2.31. The van der Waals surface area contributed by atoms with Gasteiger partial charge in [-0.05, 0) is 83.3 Å². The zero-order chi connectivity index (χ0) is 19.0. The summed E-state index contributed by atoms with van der Waals surface area (Å²) in [4.78, 5) is 16.8. The first-order valence-electron chi connectivity index (χ1n) is 7.92. The van der Waals surface area contributed by atoms with Crippen LogP contribution in [0.1, 0.15) is 10.4 Å². The number of hydrogen-bond acceptors (Lipinski definition) is 3. The summed E-state index contributed by atoms with van der Waals surface area (Å²) < 4.78 is 20.0. The Morgan fingerprint density at radius 1 is 1.07 bits per heavy atom. The summed E-state index contributed by atoms with van der Waals surface area (Å²) in [5.74, 6) is -0.354. The first-order valence-corrected chi connectivity index (χ1v) is 9.38. The van der Waals surface area contributed by atoms with Gasteiger partial charge in [-0.2, -0.15) is 0 Å². The van der Waals surface area contributed by atoms with Gasteiger partial charge in [0.1, 0.15) is 11.3 Å². The number of nitrogens with one attached hydrogen (secondary N) is 1. The van der Waals surface area contributed by atoms with Crippen LogP contribution in [-0.4, -0.2) is 10.9 Å². The number of amides is 1. The van der Waals surface area contributed by atoms with Crippen LogP contribution in [0.25, 0.3) is 22.6 Å². The Labute approximate surface area is 172 Å². The van der Waals surface area contributed by atoms with Crippen molar-refractivity contribution in [3.8, 4) is 11.5 Å². The molecule has 4 rings (SSSR count). The van der Waals surface area contributed by atoms with Crippen LogP contribution >= 0.6 is 34.2 Å². The molecule has 1 amide bonds. The molecule has 0 aliphatic carbocycles. The average molecular weight is 493 g/mol. The number of fused-ring (bicyclic) bond motifs is 1. The molecule has 0 spiro atoms. The molecule has 0 saturated heterocycles. The lowest BCUT2D eigenvalue weighted by Gasteiger charge is -2.05. The lowest BCUT2D eigenvalue weighted by Crippen LogP contribution is -2.11. The normalized spacial score (nSPS) is 10.9. The lowest BCUT2D eigenvalue weighted by molar-refractivity contribution is 0.102. The van der Waals surface area contributed by atoms with Gasteiger partial charge in [0.05, 0.1) is 10.6 Å². The van der Waals surface area contributed by atoms with Crippen molar-refractivity contribution in [2.75, 3.05) is 5.32 Å². The summed E-state index contributed by atoms with van der Waals surface area (Å²) in [5.41, 5.74) is 2.76. The van der Waals surface area contributed by atoms with Crippen molar-refractivity contribution in [1.29, 1.82) is 0 Å². The van der Waals surface area contributed by atoms with E-state index in [0.717, 1.165) is 3.57 Å². The molecule has 134 valence electrons. The number of benzene rings is 3. The summed E-state index contributed by atoms with van der Waals surface area (Å²) in [6.07, 6.45) is 0. The molecule has 0 bridgehead atoms. The fourth-order valence-electron chi connectivity index (χ4n) is 2.59. The second kappa shape index (κ2) is 7.28. The maximum absolute atomic E-state index is 13.2. The maximum Gasteiger partial charge on any atom is 0.255 e. The van der Waals surface area contributed by atoms with Gasteiger partial charge in [0.15, 0.2) is 5.58 Å². The maximum atomic E-state index is 13.2. The molecule has 1 aromatic heterocycles. The van der Waals surface area contributed by atoms with E-state index in [2.05, 4.69) is 32.9 Å². The number of oxazole rings is 1. The Morgan fingerprint density at radius 3 is 2.59 bits per heavy atom. The van der Waals surface area contributed by atoms with E-state index < -0.39 is 5.82 Å². The number of rotatable bonds is 3. The fourth-order valence-corrected chi connectivity index (χ4v) is 3.20. The topological polar surface area (TPSA) is 55.1 Å². The van der Waals surface area contributed by atoms with Crippen LogP contribution < -0.4 is 5.32 Å². The Kier molecular flexibility index (Phi) is 4.84. The van der Waals surface area contributed by atoms with Gasteiger partial charge in [-0.1, -0.05) is 11.6 Å². The first kappa shape index (κ1) is 17.9. The smallest absolute Gasteiger partial charge is 0.255 e. The van der Waals surface area contributed by atoms with Crippen molar-refractivity contribution >= 4 is 56.9 Å². The standard InChI is InChI=1S/C20H11ClFIN2O2/c21-16-9-12(22)3-7-15(16)20-25-17-10-14(6-8-18(17)27-20)24-19(26)11-1-4-13(23)5-2-11/h1-10H,(H,24,26). The molecule has 4 nitrogen and oxygen atoms in total. The molecule has 27 heavy (non-hydrogen) atoms. The fraction of sp³-hybridized carbons (Fsp3) is 0. The number of hydrogen-bond donors (Lipinski definition) is 1. The molecule has 0 radical (unpaired) electrons. The third-order valence-electron chi connectivity index (χ3n) is 3.91. The SMILES string of the molecule is O=C(Nc1ccc2oc(-c3ccc(F)cc3Cl)nc2c1)c1ccc(I)cc1. The predicted molar refractivity (Wildman–Crippen MR) is 112 cm³/mol. The number of halogens is 3. The van der Waals surface area contributed by atoms with E-state index in [1.807, 2.05) is 12.1 Å². The molecule has 0 aliphatic rings. The largest absolute Gasteiger partial charge is 0.436 e. The van der Waals surface area contributed by atoms with E-state index in [1.54, 1.807) is 30.3 Å². The molecular formula is C20H11ClFIN2O2. The van der Waals surface area contributed by atoms with Gasteiger partial charge in [0, 0.05) is 14.8 Å². The zero-order valence-electron chi connectivity index (χ0n) is 13.7. The predicted octanol–water partition coefficient (Wildman–Crippen LogP) is 6.14. The Bertz CT molecular complexity index is 1160. The number of carbonyl (C=O) groups excluding carboxylic acids is 1. The van der Waals surface area contributed by atoms with Crippen LogP contribution in [-0.2, 0) is 0 Å². The van der Waals surface area contributed by atoms with E-state index in [-0.39, 0.29) is 16.8 Å². The van der Waals surface area contributed by atoms with E-state index >= 15 is 0 Å². The molecule has 0 aliphatic heterocycles. The van der Waals surface area contributed by atoms with Crippen LogP contribution in [0.5, 0.6) is 0 Å². The van der Waals surface area contributed by atoms with Gasteiger partial charge < -0.3 is 9.73 Å². The minimum atomic E-state index is -0.430. The Hall–Kier alpha value is -2.45. The minimum absolute atomic E-state index is 0.212. The van der Waals surface area contributed by atoms with Gasteiger partial charge in [0.25, 0.3) is 5.91 Å². The molecule has 0 atom stereocenters. The van der Waals surface area contributed by atoms with Crippen molar-refractivity contribution in [2.24, 2.45) is 0 Å². The number of anilines is 1. The van der Waals surface area contributed by atoms with Crippen LogP contribution in [0.3, 0.4) is 0 Å². The van der Waals surface area contributed by atoms with E-state index in [4.69, 9.17) is 16.0 Å². The second-order valence-electron chi connectivity index (χ2n) is 5.79. The Morgan fingerprint density at radius 2 is 1.85 bits per heavy atom. The highest BCUT2D eigenvalue weighted by molar-refractivity contribution is 14.1. The average Bonchev–Trinajstić information content (AvgIpc) is 3.05. The second-order valence-corrected chi connectivity index (χ2v) is 7.44. The van der Waals surface area contributed by atoms with Crippen molar-refractivity contribution in [3.05, 3.63) is 80.6 Å². The van der Waals surface area contributed by atoms with Crippen LogP contribution in [0.4, 0.5) is 10.1 Å². The molecular weight excluding hydrogens is 482 g/mol.